The quantitative estimate of drug-likeness (QED) is 0.133. The van der Waals surface area contributed by atoms with Gasteiger partial charge in [0.15, 0.2) is 0 Å². The Bertz CT molecular complexity index is 531. The molecule has 30 heavy (non-hydrogen) atoms. The minimum Gasteiger partial charge on any atom is -1.00 e. The van der Waals surface area contributed by atoms with Crippen LogP contribution in [0.15, 0.2) is 0 Å². The average molecular weight is 497 g/mol. The van der Waals surface area contributed by atoms with E-state index in [-0.39, 0.29) is 68.6 Å². The fourth-order valence-corrected chi connectivity index (χ4v) is 3.14. The van der Waals surface area contributed by atoms with Crippen LogP contribution in [0, 0.1) is 0 Å². The number of rotatable bonds is 18. The van der Waals surface area contributed by atoms with Crippen molar-refractivity contribution in [3.8, 4) is 0 Å². The van der Waals surface area contributed by atoms with Gasteiger partial charge in [0.05, 0.1) is 6.61 Å². The van der Waals surface area contributed by atoms with Crippen LogP contribution < -0.4 is 59.1 Å². The molecule has 0 aliphatic heterocycles. The van der Waals surface area contributed by atoms with Gasteiger partial charge in [0.2, 0.25) is 0 Å². The van der Waals surface area contributed by atoms with Crippen LogP contribution in [0.4, 0.5) is 0 Å². The number of hydrogen-bond donors (Lipinski definition) is 3. The molecule has 0 atom stereocenters. The van der Waals surface area contributed by atoms with Crippen LogP contribution in [-0.4, -0.2) is 37.1 Å². The first-order valence-electron chi connectivity index (χ1n) is 10.4. The Hall–Kier alpha value is 1.74. The SMILES string of the molecule is CCCCCCCCCCCCCCCCCCOS(=O)(=O)O.O=S(=O)(O)O.[H-].[H-].[Na+].[Na+]. The molecule has 176 valence electrons. The normalized spacial score (nSPS) is 11.1. The predicted octanol–water partition coefficient (Wildman–Crippen LogP) is -0.352. The summed E-state index contributed by atoms with van der Waals surface area (Å²) < 4.78 is 64.9. The van der Waals surface area contributed by atoms with Crippen molar-refractivity contribution in [1.29, 1.82) is 0 Å². The van der Waals surface area contributed by atoms with Crippen molar-refractivity contribution in [2.45, 2.75) is 110 Å². The van der Waals surface area contributed by atoms with Gasteiger partial charge in [0.1, 0.15) is 0 Å². The van der Waals surface area contributed by atoms with Crippen molar-refractivity contribution < 1.29 is 96.6 Å². The second-order valence-electron chi connectivity index (χ2n) is 7.00. The van der Waals surface area contributed by atoms with Gasteiger partial charge in [-0.05, 0) is 6.42 Å². The van der Waals surface area contributed by atoms with E-state index in [0.29, 0.717) is 6.42 Å². The molecule has 0 unspecified atom stereocenters. The zero-order valence-electron chi connectivity index (χ0n) is 21.2. The second kappa shape index (κ2) is 27.0. The fraction of sp³-hybridized carbons (Fsp3) is 1.00. The summed E-state index contributed by atoms with van der Waals surface area (Å²) >= 11 is 0. The molecule has 0 amide bonds. The molecule has 0 heterocycles. The van der Waals surface area contributed by atoms with Gasteiger partial charge in [0, 0.05) is 0 Å². The predicted molar refractivity (Wildman–Crippen MR) is 113 cm³/mol. The van der Waals surface area contributed by atoms with Gasteiger partial charge in [-0.25, -0.2) is 4.18 Å². The molecule has 0 aromatic carbocycles. The smallest absolute Gasteiger partial charge is 1.00 e. The third-order valence-corrected chi connectivity index (χ3v) is 4.69. The topological polar surface area (TPSA) is 138 Å². The minimum absolute atomic E-state index is 0. The standard InChI is InChI=1S/C18H38O4S.2Na.H2O4S.2H/c1-2-3-4-5-6-7-8-9-10-11-12-13-14-15-16-17-18-22-23(19,20)21;;;1-5(2,3)4;;/h2-18H2,1H3,(H,19,20,21);;;(H2,1,2,3,4);;/q;2*+1;;2*-1. The van der Waals surface area contributed by atoms with Gasteiger partial charge >= 0.3 is 79.9 Å². The molecular formula is C18H42Na2O8S2. The Morgan fingerprint density at radius 2 is 0.800 bits per heavy atom. The van der Waals surface area contributed by atoms with E-state index in [2.05, 4.69) is 11.1 Å². The molecule has 0 radical (unpaired) electrons. The maximum Gasteiger partial charge on any atom is 1.00 e. The van der Waals surface area contributed by atoms with E-state index in [9.17, 15) is 8.42 Å². The first-order valence-corrected chi connectivity index (χ1v) is 13.1. The van der Waals surface area contributed by atoms with Crippen molar-refractivity contribution in [1.82, 2.24) is 0 Å². The number of hydrogen-bond acceptors (Lipinski definition) is 5. The first-order chi connectivity index (χ1) is 13.1. The summed E-state index contributed by atoms with van der Waals surface area (Å²) in [5.41, 5.74) is 0. The molecule has 0 aromatic rings. The van der Waals surface area contributed by atoms with Crippen LogP contribution in [0.25, 0.3) is 0 Å². The molecule has 0 saturated heterocycles. The summed E-state index contributed by atoms with van der Waals surface area (Å²) in [5.74, 6) is 0. The van der Waals surface area contributed by atoms with E-state index in [1.54, 1.807) is 0 Å². The van der Waals surface area contributed by atoms with Crippen molar-refractivity contribution in [3.05, 3.63) is 0 Å². The molecule has 0 rings (SSSR count). The van der Waals surface area contributed by atoms with Gasteiger partial charge in [-0.2, -0.15) is 16.8 Å². The third-order valence-electron chi connectivity index (χ3n) is 4.23. The summed E-state index contributed by atoms with van der Waals surface area (Å²) in [6, 6.07) is 0. The summed E-state index contributed by atoms with van der Waals surface area (Å²) in [6.07, 6.45) is 20.5. The molecule has 0 fully saturated rings. The molecule has 0 saturated carbocycles. The van der Waals surface area contributed by atoms with Gasteiger partial charge in [-0.3, -0.25) is 13.7 Å². The number of unbranched alkanes of at least 4 members (excludes halogenated alkanes) is 15. The molecule has 0 bridgehead atoms. The minimum atomic E-state index is -4.67. The summed E-state index contributed by atoms with van der Waals surface area (Å²) in [7, 11) is -8.91. The molecule has 12 heteroatoms. The van der Waals surface area contributed by atoms with Gasteiger partial charge in [-0.15, -0.1) is 0 Å². The van der Waals surface area contributed by atoms with Crippen molar-refractivity contribution in [2.75, 3.05) is 6.61 Å². The molecule has 0 aromatic heterocycles. The fourth-order valence-electron chi connectivity index (χ4n) is 2.81. The maximum atomic E-state index is 10.3. The Kier molecular flexibility index (Phi) is 35.1. The zero-order chi connectivity index (χ0) is 21.7. The van der Waals surface area contributed by atoms with Crippen molar-refractivity contribution >= 4 is 20.8 Å². The molecule has 0 aliphatic carbocycles. The van der Waals surface area contributed by atoms with Crippen LogP contribution >= 0.6 is 0 Å². The Morgan fingerprint density at radius 1 is 0.567 bits per heavy atom. The monoisotopic (exact) mass is 496 g/mol. The molecule has 0 aliphatic rings. The summed E-state index contributed by atoms with van der Waals surface area (Å²) in [6.45, 7) is 2.36. The largest absolute Gasteiger partial charge is 1.00 e. The Morgan fingerprint density at radius 3 is 1.03 bits per heavy atom. The van der Waals surface area contributed by atoms with E-state index in [1.165, 1.54) is 83.5 Å². The van der Waals surface area contributed by atoms with Crippen LogP contribution in [0.1, 0.15) is 113 Å². The van der Waals surface area contributed by atoms with E-state index >= 15 is 0 Å². The van der Waals surface area contributed by atoms with E-state index in [4.69, 9.17) is 22.1 Å². The Balaban J connectivity index is -0.000000169. The van der Waals surface area contributed by atoms with E-state index < -0.39 is 20.8 Å². The molecular weight excluding hydrogens is 454 g/mol. The molecule has 0 spiro atoms. The maximum absolute atomic E-state index is 10.3. The van der Waals surface area contributed by atoms with Crippen LogP contribution in [0.5, 0.6) is 0 Å². The van der Waals surface area contributed by atoms with E-state index in [1.807, 2.05) is 0 Å². The van der Waals surface area contributed by atoms with Crippen molar-refractivity contribution in [3.63, 3.8) is 0 Å². The molecule has 3 N–H and O–H groups in total. The van der Waals surface area contributed by atoms with Crippen molar-refractivity contribution in [2.24, 2.45) is 0 Å². The second-order valence-corrected chi connectivity index (χ2v) is 8.99. The zero-order valence-corrected chi connectivity index (χ0v) is 24.9. The Labute approximate surface area is 231 Å². The van der Waals surface area contributed by atoms with Crippen LogP contribution in [0.2, 0.25) is 0 Å². The van der Waals surface area contributed by atoms with Gasteiger partial charge in [-0.1, -0.05) is 103 Å². The average Bonchev–Trinajstić information content (AvgIpc) is 2.55. The first kappa shape index (κ1) is 39.0. The summed E-state index contributed by atoms with van der Waals surface area (Å²) in [5, 5.41) is 0. The van der Waals surface area contributed by atoms with E-state index in [0.717, 1.165) is 12.8 Å². The summed E-state index contributed by atoms with van der Waals surface area (Å²) in [4.78, 5) is 0. The van der Waals surface area contributed by atoms with Gasteiger partial charge in [0.25, 0.3) is 0 Å². The third kappa shape index (κ3) is 52.0. The van der Waals surface area contributed by atoms with Gasteiger partial charge < -0.3 is 2.85 Å². The molecule has 8 nitrogen and oxygen atoms in total. The van der Waals surface area contributed by atoms with Crippen LogP contribution in [-0.2, 0) is 25.0 Å². The van der Waals surface area contributed by atoms with Crippen LogP contribution in [0.3, 0.4) is 0 Å².